The van der Waals surface area contributed by atoms with Crippen molar-refractivity contribution in [2.75, 3.05) is 0 Å². The van der Waals surface area contributed by atoms with Gasteiger partial charge in [0, 0.05) is 29.9 Å². The summed E-state index contributed by atoms with van der Waals surface area (Å²) in [6.45, 7) is 7.77. The van der Waals surface area contributed by atoms with Gasteiger partial charge < -0.3 is 10.1 Å². The van der Waals surface area contributed by atoms with Crippen molar-refractivity contribution in [1.29, 1.82) is 0 Å². The van der Waals surface area contributed by atoms with Crippen LogP contribution >= 0.6 is 0 Å². The van der Waals surface area contributed by atoms with Crippen molar-refractivity contribution < 1.29 is 17.9 Å². The maximum atomic E-state index is 12.4. The Morgan fingerprint density at radius 2 is 1.82 bits per heavy atom. The number of aromatic nitrogens is 1. The van der Waals surface area contributed by atoms with Crippen LogP contribution < -0.4 is 14.8 Å². The number of carbonyl (C=O) groups is 1. The summed E-state index contributed by atoms with van der Waals surface area (Å²) in [4.78, 5) is 16.7. The first kappa shape index (κ1) is 21.8. The van der Waals surface area contributed by atoms with Crippen molar-refractivity contribution in [2.45, 2.75) is 57.7 Å². The summed E-state index contributed by atoms with van der Waals surface area (Å²) in [5.74, 6) is 0.175. The van der Waals surface area contributed by atoms with E-state index in [1.165, 1.54) is 24.3 Å². The van der Waals surface area contributed by atoms with Crippen molar-refractivity contribution in [1.82, 2.24) is 15.0 Å². The van der Waals surface area contributed by atoms with Crippen LogP contribution in [0.4, 0.5) is 0 Å². The van der Waals surface area contributed by atoms with Gasteiger partial charge in [-0.1, -0.05) is 13.0 Å². The molecule has 1 aromatic carbocycles. The van der Waals surface area contributed by atoms with Crippen LogP contribution in [-0.4, -0.2) is 31.5 Å². The molecule has 0 saturated carbocycles. The smallest absolute Gasteiger partial charge is 0.251 e. The highest BCUT2D eigenvalue weighted by Gasteiger charge is 2.17. The quantitative estimate of drug-likeness (QED) is 0.669. The molecule has 1 heterocycles. The average molecular weight is 406 g/mol. The average Bonchev–Trinajstić information content (AvgIpc) is 2.66. The van der Waals surface area contributed by atoms with E-state index < -0.39 is 10.0 Å². The van der Waals surface area contributed by atoms with Crippen LogP contribution in [0.25, 0.3) is 0 Å². The van der Waals surface area contributed by atoms with Gasteiger partial charge in [-0.15, -0.1) is 0 Å². The Morgan fingerprint density at radius 1 is 1.14 bits per heavy atom. The Labute approximate surface area is 166 Å². The minimum Gasteiger partial charge on any atom is -0.475 e. The molecule has 1 atom stereocenters. The molecule has 8 heteroatoms. The Bertz CT molecular complexity index is 896. The highest BCUT2D eigenvalue weighted by atomic mass is 32.2. The maximum Gasteiger partial charge on any atom is 0.251 e. The molecule has 0 fully saturated rings. The van der Waals surface area contributed by atoms with Gasteiger partial charge in [0.25, 0.3) is 5.91 Å². The second-order valence-electron chi connectivity index (χ2n) is 6.77. The van der Waals surface area contributed by atoms with Gasteiger partial charge >= 0.3 is 0 Å². The van der Waals surface area contributed by atoms with E-state index in [0.717, 1.165) is 5.56 Å². The van der Waals surface area contributed by atoms with E-state index in [1.54, 1.807) is 19.2 Å². The lowest BCUT2D eigenvalue weighted by Gasteiger charge is -2.14. The fourth-order valence-corrected chi connectivity index (χ4v) is 3.69. The summed E-state index contributed by atoms with van der Waals surface area (Å²) in [6.07, 6.45) is 2.30. The number of ether oxygens (including phenoxy) is 1. The summed E-state index contributed by atoms with van der Waals surface area (Å²) >= 11 is 0. The van der Waals surface area contributed by atoms with Crippen molar-refractivity contribution in [3.63, 3.8) is 0 Å². The lowest BCUT2D eigenvalue weighted by Crippen LogP contribution is -2.32. The predicted molar refractivity (Wildman–Crippen MR) is 108 cm³/mol. The zero-order valence-corrected chi connectivity index (χ0v) is 17.4. The highest BCUT2D eigenvalue weighted by Crippen LogP contribution is 2.16. The number of hydrogen-bond donors (Lipinski definition) is 2. The number of amides is 1. The van der Waals surface area contributed by atoms with Crippen molar-refractivity contribution in [3.8, 4) is 5.88 Å². The van der Waals surface area contributed by atoms with Gasteiger partial charge in [-0.25, -0.2) is 18.1 Å². The van der Waals surface area contributed by atoms with Crippen LogP contribution in [0.3, 0.4) is 0 Å². The van der Waals surface area contributed by atoms with Crippen LogP contribution in [0, 0.1) is 0 Å². The summed E-state index contributed by atoms with van der Waals surface area (Å²) in [5, 5.41) is 2.80. The van der Waals surface area contributed by atoms with Gasteiger partial charge in [0.2, 0.25) is 15.9 Å². The number of benzene rings is 1. The van der Waals surface area contributed by atoms with Crippen LogP contribution in [-0.2, 0) is 16.6 Å². The van der Waals surface area contributed by atoms with E-state index in [-0.39, 0.29) is 29.5 Å². The maximum absolute atomic E-state index is 12.4. The third-order valence-electron chi connectivity index (χ3n) is 4.03. The molecule has 2 aromatic rings. The summed E-state index contributed by atoms with van der Waals surface area (Å²) < 4.78 is 32.8. The molecule has 0 aliphatic rings. The van der Waals surface area contributed by atoms with E-state index in [9.17, 15) is 13.2 Å². The second kappa shape index (κ2) is 9.66. The highest BCUT2D eigenvalue weighted by molar-refractivity contribution is 7.89. The molecule has 0 saturated heterocycles. The van der Waals surface area contributed by atoms with Crippen LogP contribution in [0.2, 0.25) is 0 Å². The SMILES string of the molecule is CCC(C)NS(=O)(=O)c1ccc(C(=O)NCc2cccnc2OC(C)C)cc1. The third-order valence-corrected chi connectivity index (χ3v) is 5.64. The number of nitrogens with one attached hydrogen (secondary N) is 2. The van der Waals surface area contributed by atoms with Gasteiger partial charge in [-0.3, -0.25) is 4.79 Å². The Morgan fingerprint density at radius 3 is 2.43 bits per heavy atom. The standard InChI is InChI=1S/C20H27N3O4S/c1-5-15(4)23-28(25,26)18-10-8-16(9-11-18)19(24)22-13-17-7-6-12-21-20(17)27-14(2)3/h6-12,14-15,23H,5,13H2,1-4H3,(H,22,24). The number of pyridine rings is 1. The Kier molecular flexibility index (Phi) is 7.53. The zero-order valence-electron chi connectivity index (χ0n) is 16.6. The van der Waals surface area contributed by atoms with Gasteiger partial charge in [0.1, 0.15) is 0 Å². The third kappa shape index (κ3) is 6.03. The van der Waals surface area contributed by atoms with Gasteiger partial charge in [-0.05, 0) is 57.5 Å². The van der Waals surface area contributed by atoms with Gasteiger partial charge in [0.15, 0.2) is 0 Å². The number of sulfonamides is 1. The van der Waals surface area contributed by atoms with Crippen LogP contribution in [0.1, 0.15) is 50.0 Å². The molecule has 0 aliphatic heterocycles. The summed E-state index contributed by atoms with van der Waals surface area (Å²) in [5.41, 5.74) is 1.14. The molecule has 1 unspecified atom stereocenters. The van der Waals surface area contributed by atoms with Crippen LogP contribution in [0.15, 0.2) is 47.5 Å². The zero-order chi connectivity index (χ0) is 20.7. The molecule has 0 spiro atoms. The number of rotatable bonds is 9. The summed E-state index contributed by atoms with van der Waals surface area (Å²) in [6, 6.07) is 9.30. The normalized spacial score (nSPS) is 12.6. The molecule has 1 aromatic heterocycles. The first-order valence-corrected chi connectivity index (χ1v) is 10.7. The van der Waals surface area contributed by atoms with E-state index in [2.05, 4.69) is 15.0 Å². The second-order valence-corrected chi connectivity index (χ2v) is 8.49. The van der Waals surface area contributed by atoms with Crippen LogP contribution in [0.5, 0.6) is 5.88 Å². The molecule has 0 aliphatic carbocycles. The molecule has 7 nitrogen and oxygen atoms in total. The van der Waals surface area contributed by atoms with Crippen molar-refractivity contribution >= 4 is 15.9 Å². The lowest BCUT2D eigenvalue weighted by molar-refractivity contribution is 0.0950. The fourth-order valence-electron chi connectivity index (χ4n) is 2.37. The number of nitrogens with zero attached hydrogens (tertiary/aromatic N) is 1. The number of carbonyl (C=O) groups excluding carboxylic acids is 1. The molecule has 28 heavy (non-hydrogen) atoms. The summed E-state index contributed by atoms with van der Waals surface area (Å²) in [7, 11) is -3.59. The minimum atomic E-state index is -3.59. The molecular weight excluding hydrogens is 378 g/mol. The first-order valence-electron chi connectivity index (χ1n) is 9.24. The molecule has 1 amide bonds. The number of hydrogen-bond acceptors (Lipinski definition) is 5. The van der Waals surface area contributed by atoms with E-state index in [4.69, 9.17) is 4.74 Å². The fraction of sp³-hybridized carbons (Fsp3) is 0.400. The first-order chi connectivity index (χ1) is 13.2. The topological polar surface area (TPSA) is 97.4 Å². The molecule has 2 N–H and O–H groups in total. The van der Waals surface area contributed by atoms with E-state index in [0.29, 0.717) is 17.9 Å². The monoisotopic (exact) mass is 405 g/mol. The van der Waals surface area contributed by atoms with Gasteiger partial charge in [0.05, 0.1) is 11.0 Å². The van der Waals surface area contributed by atoms with E-state index in [1.807, 2.05) is 26.8 Å². The molecule has 0 bridgehead atoms. The molecule has 2 rings (SSSR count). The molecular formula is C20H27N3O4S. The lowest BCUT2D eigenvalue weighted by atomic mass is 10.2. The van der Waals surface area contributed by atoms with Crippen molar-refractivity contribution in [3.05, 3.63) is 53.7 Å². The molecule has 0 radical (unpaired) electrons. The minimum absolute atomic E-state index is 0.0251. The Balaban J connectivity index is 2.04. The predicted octanol–water partition coefficient (Wildman–Crippen LogP) is 2.88. The molecule has 152 valence electrons. The Hall–Kier alpha value is -2.45. The van der Waals surface area contributed by atoms with Crippen molar-refractivity contribution in [2.24, 2.45) is 0 Å². The van der Waals surface area contributed by atoms with E-state index >= 15 is 0 Å². The van der Waals surface area contributed by atoms with Gasteiger partial charge in [-0.2, -0.15) is 0 Å². The largest absolute Gasteiger partial charge is 0.475 e.